The highest BCUT2D eigenvalue weighted by Gasteiger charge is 2.38. The molecule has 35 heavy (non-hydrogen) atoms. The van der Waals surface area contributed by atoms with Crippen LogP contribution >= 0.6 is 11.8 Å². The van der Waals surface area contributed by atoms with Crippen molar-refractivity contribution in [1.29, 1.82) is 0 Å². The van der Waals surface area contributed by atoms with E-state index in [0.29, 0.717) is 35.0 Å². The van der Waals surface area contributed by atoms with E-state index in [-0.39, 0.29) is 23.4 Å². The van der Waals surface area contributed by atoms with Crippen LogP contribution in [0.15, 0.2) is 46.2 Å². The molecule has 192 valence electrons. The van der Waals surface area contributed by atoms with Crippen LogP contribution in [0.5, 0.6) is 5.75 Å². The molecule has 3 rings (SSSR count). The Morgan fingerprint density at radius 3 is 2.49 bits per heavy atom. The van der Waals surface area contributed by atoms with Crippen molar-refractivity contribution in [2.45, 2.75) is 55.9 Å². The molecule has 10 heteroatoms. The molecule has 1 heterocycles. The van der Waals surface area contributed by atoms with Crippen LogP contribution in [0.1, 0.15) is 40.0 Å². The van der Waals surface area contributed by atoms with Crippen LogP contribution in [0.2, 0.25) is 0 Å². The molecule has 7 nitrogen and oxygen atoms in total. The number of rotatable bonds is 9. The van der Waals surface area contributed by atoms with E-state index in [4.69, 9.17) is 4.74 Å². The Labute approximate surface area is 211 Å². The number of carbonyl (C=O) groups is 1. The molecule has 1 N–H and O–H groups in total. The number of anilines is 2. The number of aliphatic carboxylic acids is 1. The Kier molecular flexibility index (Phi) is 8.39. The summed E-state index contributed by atoms with van der Waals surface area (Å²) in [6.07, 6.45) is 4.33. The summed E-state index contributed by atoms with van der Waals surface area (Å²) >= 11 is 1.38. The van der Waals surface area contributed by atoms with Crippen LogP contribution in [0, 0.1) is 11.2 Å². The number of sulfonamides is 1. The summed E-state index contributed by atoms with van der Waals surface area (Å²) in [5.74, 6) is -1.06. The molecule has 1 aliphatic heterocycles. The first-order chi connectivity index (χ1) is 16.4. The van der Waals surface area contributed by atoms with E-state index in [2.05, 4.69) is 6.92 Å². The van der Waals surface area contributed by atoms with Crippen molar-refractivity contribution in [3.05, 3.63) is 42.2 Å². The van der Waals surface area contributed by atoms with Gasteiger partial charge in [-0.3, -0.25) is 4.79 Å². The Bertz CT molecular complexity index is 1170. The lowest BCUT2D eigenvalue weighted by molar-refractivity contribution is -0.148. The highest BCUT2D eigenvalue weighted by atomic mass is 32.2. The van der Waals surface area contributed by atoms with E-state index >= 15 is 0 Å². The number of carboxylic acid groups (broad SMARTS) is 1. The van der Waals surface area contributed by atoms with Gasteiger partial charge in [0.05, 0.1) is 16.0 Å². The summed E-state index contributed by atoms with van der Waals surface area (Å²) in [7, 11) is -2.30. The summed E-state index contributed by atoms with van der Waals surface area (Å²) in [5.41, 5.74) is 0.0211. The van der Waals surface area contributed by atoms with Crippen LogP contribution in [0.4, 0.5) is 15.8 Å². The van der Waals surface area contributed by atoms with Crippen molar-refractivity contribution in [1.82, 2.24) is 4.31 Å². The fourth-order valence-electron chi connectivity index (χ4n) is 3.89. The summed E-state index contributed by atoms with van der Waals surface area (Å²) in [6, 6.07) is 8.98. The molecule has 0 saturated carbocycles. The van der Waals surface area contributed by atoms with Crippen LogP contribution < -0.4 is 9.64 Å². The molecule has 0 bridgehead atoms. The minimum Gasteiger partial charge on any atom is -0.491 e. The zero-order chi connectivity index (χ0) is 26.0. The van der Waals surface area contributed by atoms with Crippen molar-refractivity contribution in [3.8, 4) is 5.75 Å². The molecule has 0 radical (unpaired) electrons. The molecule has 0 aliphatic carbocycles. The molecule has 2 aromatic carbocycles. The monoisotopic (exact) mass is 524 g/mol. The normalized spacial score (nSPS) is 18.1. The minimum absolute atomic E-state index is 0.0734. The molecule has 0 amide bonds. The van der Waals surface area contributed by atoms with Gasteiger partial charge in [0.1, 0.15) is 23.1 Å². The van der Waals surface area contributed by atoms with Gasteiger partial charge in [-0.1, -0.05) is 19.8 Å². The molecular formula is C25H33FN2O5S2. The van der Waals surface area contributed by atoms with Crippen LogP contribution in [-0.2, 0) is 14.8 Å². The summed E-state index contributed by atoms with van der Waals surface area (Å²) in [5, 5.41) is 9.45. The van der Waals surface area contributed by atoms with Crippen LogP contribution in [-0.4, -0.2) is 56.3 Å². The van der Waals surface area contributed by atoms with Gasteiger partial charge in [-0.15, -0.1) is 11.8 Å². The SMILES string of the molecule is CCCC[C@H]1CN(c2ccc(F)cc2)c2cc(SC)c(OCC(C)(C)C(=O)O)cc2S(=O)(=O)N1C. The first kappa shape index (κ1) is 27.3. The highest BCUT2D eigenvalue weighted by molar-refractivity contribution is 7.98. The van der Waals surface area contributed by atoms with E-state index in [0.717, 1.165) is 12.8 Å². The lowest BCUT2D eigenvalue weighted by atomic mass is 9.95. The standard InChI is InChI=1S/C25H33FN2O5S2/c1-6-7-8-19-15-28(18-11-9-17(26)10-12-18)20-13-22(34-5)21(33-16-25(2,3)24(29)30)14-23(20)35(31,32)27(19)4/h9-14,19H,6-8,15-16H2,1-5H3,(H,29,30)/t19-/m0/s1. The number of carboxylic acids is 1. The van der Waals surface area contributed by atoms with Crippen molar-refractivity contribution >= 4 is 39.1 Å². The molecule has 0 spiro atoms. The molecule has 0 saturated heterocycles. The molecule has 0 aromatic heterocycles. The van der Waals surface area contributed by atoms with Crippen LogP contribution in [0.3, 0.4) is 0 Å². The Morgan fingerprint density at radius 1 is 1.26 bits per heavy atom. The second-order valence-corrected chi connectivity index (χ2v) is 12.2. The number of nitrogens with zero attached hydrogens (tertiary/aromatic N) is 2. The van der Waals surface area contributed by atoms with Gasteiger partial charge >= 0.3 is 5.97 Å². The zero-order valence-electron chi connectivity index (χ0n) is 20.7. The highest BCUT2D eigenvalue weighted by Crippen LogP contribution is 2.43. The number of ether oxygens (including phenoxy) is 1. The summed E-state index contributed by atoms with van der Waals surface area (Å²) in [4.78, 5) is 14.2. The maximum Gasteiger partial charge on any atom is 0.312 e. The Morgan fingerprint density at radius 2 is 1.91 bits per heavy atom. The van der Waals surface area contributed by atoms with Crippen LogP contribution in [0.25, 0.3) is 0 Å². The number of likely N-dealkylation sites (N-methyl/N-ethyl adjacent to an activating group) is 1. The smallest absolute Gasteiger partial charge is 0.312 e. The predicted molar refractivity (Wildman–Crippen MR) is 137 cm³/mol. The number of hydrogen-bond acceptors (Lipinski definition) is 6. The third kappa shape index (κ3) is 5.76. The molecule has 0 fully saturated rings. The quantitative estimate of drug-likeness (QED) is 0.442. The lowest BCUT2D eigenvalue weighted by Crippen LogP contribution is -2.40. The fraction of sp³-hybridized carbons (Fsp3) is 0.480. The third-order valence-electron chi connectivity index (χ3n) is 6.30. The summed E-state index contributed by atoms with van der Waals surface area (Å²) < 4.78 is 48.5. The largest absolute Gasteiger partial charge is 0.491 e. The number of halogens is 1. The number of thioether (sulfide) groups is 1. The predicted octanol–water partition coefficient (Wildman–Crippen LogP) is 5.37. The van der Waals surface area contributed by atoms with Gasteiger partial charge in [-0.2, -0.15) is 4.31 Å². The fourth-order valence-corrected chi connectivity index (χ4v) is 6.01. The molecule has 1 atom stereocenters. The summed E-state index contributed by atoms with van der Waals surface area (Å²) in [6.45, 7) is 5.46. The van der Waals surface area contributed by atoms with Crippen molar-refractivity contribution in [2.24, 2.45) is 5.41 Å². The average Bonchev–Trinajstić information content (AvgIpc) is 2.89. The molecule has 0 unspecified atom stereocenters. The van der Waals surface area contributed by atoms with Gasteiger partial charge in [0, 0.05) is 31.4 Å². The third-order valence-corrected chi connectivity index (χ3v) is 9.00. The average molecular weight is 525 g/mol. The lowest BCUT2D eigenvalue weighted by Gasteiger charge is -2.29. The maximum absolute atomic E-state index is 13.8. The van der Waals surface area contributed by atoms with Gasteiger partial charge in [0.25, 0.3) is 0 Å². The Balaban J connectivity index is 2.18. The van der Waals surface area contributed by atoms with Crippen molar-refractivity contribution in [2.75, 3.05) is 31.4 Å². The van der Waals surface area contributed by atoms with Crippen molar-refractivity contribution < 1.29 is 27.4 Å². The second kappa shape index (κ2) is 10.8. The van der Waals surface area contributed by atoms with Crippen molar-refractivity contribution in [3.63, 3.8) is 0 Å². The number of unbranched alkanes of at least 4 members (excludes halogenated alkanes) is 1. The van der Waals surface area contributed by atoms with E-state index in [1.54, 1.807) is 39.1 Å². The Hall–Kier alpha value is -2.30. The van der Waals surface area contributed by atoms with E-state index in [1.807, 2.05) is 11.2 Å². The van der Waals surface area contributed by atoms with Gasteiger partial charge in [-0.25, -0.2) is 12.8 Å². The van der Waals surface area contributed by atoms with Gasteiger partial charge in [-0.05, 0) is 56.9 Å². The first-order valence-corrected chi connectivity index (χ1v) is 14.2. The minimum atomic E-state index is -3.89. The second-order valence-electron chi connectivity index (χ2n) is 9.35. The number of benzene rings is 2. The van der Waals surface area contributed by atoms with E-state index in [9.17, 15) is 22.7 Å². The van der Waals surface area contributed by atoms with Gasteiger partial charge in [0.2, 0.25) is 10.0 Å². The van der Waals surface area contributed by atoms with E-state index < -0.39 is 21.4 Å². The maximum atomic E-state index is 13.8. The molecule has 2 aromatic rings. The number of hydrogen-bond donors (Lipinski definition) is 1. The number of fused-ring (bicyclic) bond motifs is 1. The molecule has 1 aliphatic rings. The molecular weight excluding hydrogens is 491 g/mol. The topological polar surface area (TPSA) is 87.1 Å². The van der Waals surface area contributed by atoms with E-state index in [1.165, 1.54) is 34.3 Å². The van der Waals surface area contributed by atoms with Gasteiger partial charge in [0.15, 0.2) is 0 Å². The zero-order valence-corrected chi connectivity index (χ0v) is 22.4. The van der Waals surface area contributed by atoms with Gasteiger partial charge < -0.3 is 14.7 Å². The first-order valence-electron chi connectivity index (χ1n) is 11.5.